The van der Waals surface area contributed by atoms with Gasteiger partial charge in [0, 0.05) is 56.2 Å². The third kappa shape index (κ3) is 2.25. The Morgan fingerprint density at radius 3 is 2.82 bits per heavy atom. The van der Waals surface area contributed by atoms with Gasteiger partial charge in [0.1, 0.15) is 0 Å². The van der Waals surface area contributed by atoms with Crippen LogP contribution in [0.1, 0.15) is 6.92 Å². The molecule has 1 unspecified atom stereocenters. The van der Waals surface area contributed by atoms with Crippen molar-refractivity contribution in [2.45, 2.75) is 13.0 Å². The Hall–Kier alpha value is -2.34. The zero-order chi connectivity index (χ0) is 15.1. The molecule has 6 nitrogen and oxygen atoms in total. The van der Waals surface area contributed by atoms with Crippen LogP contribution in [0.15, 0.2) is 36.9 Å². The van der Waals surface area contributed by atoms with E-state index < -0.39 is 0 Å². The molecule has 1 aliphatic heterocycles. The van der Waals surface area contributed by atoms with Crippen LogP contribution in [0, 0.1) is 0 Å². The highest BCUT2D eigenvalue weighted by molar-refractivity contribution is 5.75. The second-order valence-electron chi connectivity index (χ2n) is 5.98. The Morgan fingerprint density at radius 1 is 1.14 bits per heavy atom. The summed E-state index contributed by atoms with van der Waals surface area (Å²) in [5, 5.41) is 12.2. The summed E-state index contributed by atoms with van der Waals surface area (Å²) in [6.07, 6.45) is 7.94. The van der Waals surface area contributed by atoms with Gasteiger partial charge in [0.2, 0.25) is 0 Å². The van der Waals surface area contributed by atoms with Gasteiger partial charge in [-0.2, -0.15) is 10.2 Å². The van der Waals surface area contributed by atoms with E-state index in [1.807, 2.05) is 34.8 Å². The van der Waals surface area contributed by atoms with Crippen LogP contribution in [0.2, 0.25) is 0 Å². The van der Waals surface area contributed by atoms with Gasteiger partial charge in [0.05, 0.1) is 23.6 Å². The fourth-order valence-corrected chi connectivity index (χ4v) is 3.11. The van der Waals surface area contributed by atoms with Crippen molar-refractivity contribution in [2.24, 2.45) is 7.05 Å². The molecule has 1 atom stereocenters. The number of anilines is 1. The maximum absolute atomic E-state index is 4.54. The van der Waals surface area contributed by atoms with Crippen LogP contribution in [0.4, 0.5) is 5.69 Å². The minimum atomic E-state index is 0.512. The Kier molecular flexibility index (Phi) is 3.11. The predicted molar refractivity (Wildman–Crippen MR) is 87.1 cm³/mol. The van der Waals surface area contributed by atoms with E-state index in [0.29, 0.717) is 6.04 Å². The van der Waals surface area contributed by atoms with E-state index >= 15 is 0 Å². The fraction of sp³-hybridized carbons (Fsp3) is 0.375. The maximum Gasteiger partial charge on any atom is 0.0896 e. The number of rotatable bonds is 2. The van der Waals surface area contributed by atoms with Crippen LogP contribution in [-0.2, 0) is 7.05 Å². The van der Waals surface area contributed by atoms with Crippen molar-refractivity contribution >= 4 is 11.2 Å². The van der Waals surface area contributed by atoms with E-state index in [9.17, 15) is 0 Å². The van der Waals surface area contributed by atoms with E-state index in [1.54, 1.807) is 0 Å². The number of aryl methyl sites for hydroxylation is 1. The molecule has 1 aliphatic rings. The Balaban J connectivity index is 1.71. The van der Waals surface area contributed by atoms with Gasteiger partial charge < -0.3 is 10.2 Å². The van der Waals surface area contributed by atoms with Crippen LogP contribution in [0.3, 0.4) is 0 Å². The molecule has 22 heavy (non-hydrogen) atoms. The van der Waals surface area contributed by atoms with E-state index in [4.69, 9.17) is 0 Å². The normalized spacial score (nSPS) is 19.0. The van der Waals surface area contributed by atoms with E-state index in [1.165, 1.54) is 5.69 Å². The van der Waals surface area contributed by atoms with Gasteiger partial charge in [-0.05, 0) is 13.0 Å². The summed E-state index contributed by atoms with van der Waals surface area (Å²) in [4.78, 5) is 2.41. The molecule has 1 N–H and O–H groups in total. The fourth-order valence-electron chi connectivity index (χ4n) is 3.11. The summed E-state index contributed by atoms with van der Waals surface area (Å²) in [5.74, 6) is 0. The summed E-state index contributed by atoms with van der Waals surface area (Å²) in [5.41, 5.74) is 4.61. The van der Waals surface area contributed by atoms with Gasteiger partial charge in [-0.1, -0.05) is 6.07 Å². The Bertz CT molecular complexity index is 802. The number of hydrogen-bond donors (Lipinski definition) is 1. The molecule has 3 aromatic rings. The predicted octanol–water partition coefficient (Wildman–Crippen LogP) is 1.53. The van der Waals surface area contributed by atoms with Gasteiger partial charge in [-0.3, -0.25) is 4.68 Å². The first-order valence-electron chi connectivity index (χ1n) is 7.65. The molecule has 0 spiro atoms. The molecule has 4 heterocycles. The zero-order valence-electron chi connectivity index (χ0n) is 12.9. The lowest BCUT2D eigenvalue weighted by atomic mass is 10.1. The molecule has 0 bridgehead atoms. The van der Waals surface area contributed by atoms with Crippen molar-refractivity contribution in [1.29, 1.82) is 0 Å². The van der Waals surface area contributed by atoms with Crippen molar-refractivity contribution in [1.82, 2.24) is 24.7 Å². The molecule has 114 valence electrons. The van der Waals surface area contributed by atoms with Gasteiger partial charge in [0.25, 0.3) is 0 Å². The van der Waals surface area contributed by atoms with Crippen LogP contribution in [0.5, 0.6) is 0 Å². The van der Waals surface area contributed by atoms with Gasteiger partial charge in [0.15, 0.2) is 0 Å². The number of aromatic nitrogens is 4. The van der Waals surface area contributed by atoms with Crippen LogP contribution in [0.25, 0.3) is 16.6 Å². The first kappa shape index (κ1) is 13.3. The third-order valence-electron chi connectivity index (χ3n) is 4.24. The molecule has 0 aromatic carbocycles. The topological polar surface area (TPSA) is 50.4 Å². The molecular formula is C16H20N6. The van der Waals surface area contributed by atoms with Crippen molar-refractivity contribution in [2.75, 3.05) is 24.5 Å². The van der Waals surface area contributed by atoms with Gasteiger partial charge in [-0.25, -0.2) is 4.52 Å². The summed E-state index contributed by atoms with van der Waals surface area (Å²) >= 11 is 0. The van der Waals surface area contributed by atoms with Crippen molar-refractivity contribution in [3.8, 4) is 11.1 Å². The molecule has 6 heteroatoms. The van der Waals surface area contributed by atoms with E-state index in [2.05, 4.69) is 45.7 Å². The SMILES string of the molecule is CC1CN(c2cnn3cc(-c4cnn(C)c4)ccc23)CCN1. The van der Waals surface area contributed by atoms with E-state index in [-0.39, 0.29) is 0 Å². The maximum atomic E-state index is 4.54. The number of piperazine rings is 1. The summed E-state index contributed by atoms with van der Waals surface area (Å²) in [7, 11) is 1.93. The lowest BCUT2D eigenvalue weighted by molar-refractivity contribution is 0.485. The largest absolute Gasteiger partial charge is 0.366 e. The number of nitrogens with one attached hydrogen (secondary N) is 1. The lowest BCUT2D eigenvalue weighted by Crippen LogP contribution is -2.49. The quantitative estimate of drug-likeness (QED) is 0.779. The lowest BCUT2D eigenvalue weighted by Gasteiger charge is -2.32. The smallest absolute Gasteiger partial charge is 0.0896 e. The molecule has 0 radical (unpaired) electrons. The van der Waals surface area contributed by atoms with Gasteiger partial charge in [-0.15, -0.1) is 0 Å². The summed E-state index contributed by atoms with van der Waals surface area (Å²) in [6.45, 7) is 5.28. The van der Waals surface area contributed by atoms with E-state index in [0.717, 1.165) is 36.3 Å². The highest BCUT2D eigenvalue weighted by Crippen LogP contribution is 2.26. The first-order chi connectivity index (χ1) is 10.7. The number of fused-ring (bicyclic) bond motifs is 1. The number of nitrogens with zero attached hydrogens (tertiary/aromatic N) is 5. The monoisotopic (exact) mass is 296 g/mol. The number of pyridine rings is 1. The minimum absolute atomic E-state index is 0.512. The van der Waals surface area contributed by atoms with Crippen molar-refractivity contribution in [3.63, 3.8) is 0 Å². The Labute approximate surface area is 129 Å². The number of hydrogen-bond acceptors (Lipinski definition) is 4. The van der Waals surface area contributed by atoms with Crippen molar-refractivity contribution < 1.29 is 0 Å². The standard InChI is InChI=1S/C16H20N6/c1-12-9-21(6-5-17-12)16-8-19-22-11-13(3-4-15(16)22)14-7-18-20(2)10-14/h3-4,7-8,10-12,17H,5-6,9H2,1-2H3. The molecule has 1 fully saturated rings. The first-order valence-corrected chi connectivity index (χ1v) is 7.65. The zero-order valence-corrected chi connectivity index (χ0v) is 12.9. The average Bonchev–Trinajstić information content (AvgIpc) is 3.12. The Morgan fingerprint density at radius 2 is 2.05 bits per heavy atom. The molecule has 0 aliphatic carbocycles. The summed E-state index contributed by atoms with van der Waals surface area (Å²) in [6, 6.07) is 4.80. The highest BCUT2D eigenvalue weighted by Gasteiger charge is 2.19. The average molecular weight is 296 g/mol. The third-order valence-corrected chi connectivity index (χ3v) is 4.24. The highest BCUT2D eigenvalue weighted by atomic mass is 15.3. The second kappa shape index (κ2) is 5.14. The van der Waals surface area contributed by atoms with Crippen LogP contribution < -0.4 is 10.2 Å². The second-order valence-corrected chi connectivity index (χ2v) is 5.98. The molecule has 0 saturated carbocycles. The molecule has 1 saturated heterocycles. The van der Waals surface area contributed by atoms with Crippen molar-refractivity contribution in [3.05, 3.63) is 36.9 Å². The van der Waals surface area contributed by atoms with Crippen LogP contribution >= 0.6 is 0 Å². The molecular weight excluding hydrogens is 276 g/mol. The van der Waals surface area contributed by atoms with Gasteiger partial charge >= 0.3 is 0 Å². The molecule has 0 amide bonds. The van der Waals surface area contributed by atoms with Crippen LogP contribution in [-0.4, -0.2) is 45.1 Å². The molecule has 3 aromatic heterocycles. The summed E-state index contributed by atoms with van der Waals surface area (Å²) < 4.78 is 3.78. The molecule has 4 rings (SSSR count). The minimum Gasteiger partial charge on any atom is -0.366 e.